The van der Waals surface area contributed by atoms with Gasteiger partial charge in [-0.1, -0.05) is 19.4 Å². The highest BCUT2D eigenvalue weighted by atomic mass is 19.1. The molecule has 0 saturated heterocycles. The highest BCUT2D eigenvalue weighted by Gasteiger charge is 2.19. The Balaban J connectivity index is 1.38. The number of allylic oxidation sites excluding steroid dienone is 1. The summed E-state index contributed by atoms with van der Waals surface area (Å²) in [5.74, 6) is 0.645. The van der Waals surface area contributed by atoms with Gasteiger partial charge in [0.05, 0.1) is 17.4 Å². The van der Waals surface area contributed by atoms with Gasteiger partial charge in [0.15, 0.2) is 17.3 Å². The van der Waals surface area contributed by atoms with Gasteiger partial charge in [-0.2, -0.15) is 5.10 Å². The molecule has 1 aliphatic rings. The fourth-order valence-electron chi connectivity index (χ4n) is 4.61. The molecule has 0 amide bonds. The number of pyridine rings is 2. The van der Waals surface area contributed by atoms with Gasteiger partial charge in [0.25, 0.3) is 0 Å². The summed E-state index contributed by atoms with van der Waals surface area (Å²) in [6, 6.07) is 9.10. The Bertz CT molecular complexity index is 1460. The number of halogens is 1. The van der Waals surface area contributed by atoms with Crippen LogP contribution in [0.1, 0.15) is 25.7 Å². The maximum atomic E-state index is 15.0. The molecule has 8 heteroatoms. The maximum absolute atomic E-state index is 15.0. The van der Waals surface area contributed by atoms with Crippen molar-refractivity contribution in [2.75, 3.05) is 5.32 Å². The molecule has 5 aromatic rings. The van der Waals surface area contributed by atoms with Crippen molar-refractivity contribution in [1.82, 2.24) is 30.1 Å². The highest BCUT2D eigenvalue weighted by Crippen LogP contribution is 2.34. The van der Waals surface area contributed by atoms with Crippen molar-refractivity contribution in [3.8, 4) is 22.6 Å². The van der Waals surface area contributed by atoms with E-state index in [1.807, 2.05) is 24.3 Å². The third kappa shape index (κ3) is 3.53. The summed E-state index contributed by atoms with van der Waals surface area (Å²) in [7, 11) is 0. The smallest absolute Gasteiger partial charge is 0.178 e. The molecule has 4 aromatic heterocycles. The number of hydrogen-bond donors (Lipinski definition) is 3. The van der Waals surface area contributed by atoms with E-state index in [1.165, 1.54) is 31.7 Å². The minimum Gasteiger partial charge on any atom is -0.358 e. The van der Waals surface area contributed by atoms with Crippen molar-refractivity contribution in [2.45, 2.75) is 25.7 Å². The van der Waals surface area contributed by atoms with Crippen LogP contribution in [0.25, 0.3) is 44.7 Å². The van der Waals surface area contributed by atoms with Gasteiger partial charge in [0, 0.05) is 29.0 Å². The Morgan fingerprint density at radius 2 is 2.00 bits per heavy atom. The molecule has 1 aromatic carbocycles. The van der Waals surface area contributed by atoms with E-state index in [2.05, 4.69) is 42.0 Å². The zero-order valence-electron chi connectivity index (χ0n) is 17.9. The summed E-state index contributed by atoms with van der Waals surface area (Å²) >= 11 is 0. The van der Waals surface area contributed by atoms with Gasteiger partial charge in [-0.05, 0) is 54.7 Å². The molecule has 0 spiro atoms. The van der Waals surface area contributed by atoms with Gasteiger partial charge >= 0.3 is 0 Å². The van der Waals surface area contributed by atoms with Crippen LogP contribution in [-0.4, -0.2) is 30.1 Å². The Morgan fingerprint density at radius 3 is 2.85 bits per heavy atom. The zero-order chi connectivity index (χ0) is 22.4. The van der Waals surface area contributed by atoms with Crippen molar-refractivity contribution in [3.63, 3.8) is 0 Å². The van der Waals surface area contributed by atoms with Gasteiger partial charge in [-0.15, -0.1) is 0 Å². The molecule has 1 saturated carbocycles. The van der Waals surface area contributed by atoms with E-state index >= 15 is 4.39 Å². The quantitative estimate of drug-likeness (QED) is 0.321. The molecule has 164 valence electrons. The van der Waals surface area contributed by atoms with E-state index < -0.39 is 5.82 Å². The lowest BCUT2D eigenvalue weighted by molar-refractivity contribution is 0.636. The van der Waals surface area contributed by atoms with E-state index in [0.717, 1.165) is 22.5 Å². The van der Waals surface area contributed by atoms with E-state index in [0.29, 0.717) is 34.0 Å². The highest BCUT2D eigenvalue weighted by molar-refractivity contribution is 5.95. The Kier molecular flexibility index (Phi) is 4.64. The maximum Gasteiger partial charge on any atom is 0.178 e. The second-order valence-electron chi connectivity index (χ2n) is 8.51. The average Bonchev–Trinajstić information content (AvgIpc) is 3.58. The molecular formula is C25H22FN7. The average molecular weight is 439 g/mol. The van der Waals surface area contributed by atoms with Crippen LogP contribution in [0, 0.1) is 11.7 Å². The Labute approximate surface area is 189 Å². The number of anilines is 1. The first-order valence-electron chi connectivity index (χ1n) is 11.1. The number of nitrogens with zero attached hydrogens (tertiary/aromatic N) is 4. The topological polar surface area (TPSA) is 95.2 Å². The summed E-state index contributed by atoms with van der Waals surface area (Å²) in [5.41, 5.74) is 5.65. The molecule has 6 rings (SSSR count). The van der Waals surface area contributed by atoms with Gasteiger partial charge in [-0.3, -0.25) is 10.1 Å². The largest absolute Gasteiger partial charge is 0.358 e. The Hall–Kier alpha value is -4.07. The van der Waals surface area contributed by atoms with Gasteiger partial charge < -0.3 is 10.3 Å². The number of rotatable bonds is 5. The fraction of sp³-hybridized carbons (Fsp3) is 0.200. The minimum absolute atomic E-state index is 0.263. The van der Waals surface area contributed by atoms with Crippen molar-refractivity contribution >= 4 is 27.8 Å². The van der Waals surface area contributed by atoms with Crippen LogP contribution in [0.3, 0.4) is 0 Å². The van der Waals surface area contributed by atoms with Crippen LogP contribution in [0.2, 0.25) is 0 Å². The number of fused-ring (bicyclic) bond motifs is 2. The van der Waals surface area contributed by atoms with Crippen molar-refractivity contribution in [2.24, 2.45) is 5.92 Å². The van der Waals surface area contributed by atoms with Gasteiger partial charge in [0.2, 0.25) is 0 Å². The molecule has 0 bridgehead atoms. The first-order chi connectivity index (χ1) is 16.2. The predicted octanol–water partition coefficient (Wildman–Crippen LogP) is 5.82. The fourth-order valence-corrected chi connectivity index (χ4v) is 4.61. The lowest BCUT2D eigenvalue weighted by Crippen LogP contribution is -2.07. The number of H-pyrrole nitrogens is 2. The second-order valence-corrected chi connectivity index (χ2v) is 8.51. The molecule has 4 heterocycles. The second kappa shape index (κ2) is 7.81. The van der Waals surface area contributed by atoms with E-state index in [9.17, 15) is 0 Å². The Morgan fingerprint density at radius 1 is 1.12 bits per heavy atom. The SMILES string of the molecule is C=C(Nc1cncc(-c2cc(F)c3n[nH]c(-c4nc5ncccc5[nH]4)c3c2)c1)C1CCCC1. The number of imidazole rings is 1. The monoisotopic (exact) mass is 439 g/mol. The first-order valence-corrected chi connectivity index (χ1v) is 11.1. The van der Waals surface area contributed by atoms with E-state index in [-0.39, 0.29) is 5.52 Å². The molecular weight excluding hydrogens is 417 g/mol. The summed E-state index contributed by atoms with van der Waals surface area (Å²) in [4.78, 5) is 16.4. The van der Waals surface area contributed by atoms with Crippen molar-refractivity contribution in [3.05, 3.63) is 67.0 Å². The van der Waals surface area contributed by atoms with Crippen LogP contribution in [0.5, 0.6) is 0 Å². The third-order valence-electron chi connectivity index (χ3n) is 6.33. The summed E-state index contributed by atoms with van der Waals surface area (Å²) in [6.07, 6.45) is 10.0. The zero-order valence-corrected chi connectivity index (χ0v) is 17.9. The van der Waals surface area contributed by atoms with Crippen LogP contribution in [0.15, 0.2) is 61.2 Å². The van der Waals surface area contributed by atoms with E-state index in [1.54, 1.807) is 18.6 Å². The molecule has 3 N–H and O–H groups in total. The summed E-state index contributed by atoms with van der Waals surface area (Å²) in [5, 5.41) is 11.1. The van der Waals surface area contributed by atoms with Crippen LogP contribution < -0.4 is 5.32 Å². The van der Waals surface area contributed by atoms with Crippen LogP contribution in [0.4, 0.5) is 10.1 Å². The van der Waals surface area contributed by atoms with Crippen LogP contribution >= 0.6 is 0 Å². The molecule has 0 radical (unpaired) electrons. The summed E-state index contributed by atoms with van der Waals surface area (Å²) in [6.45, 7) is 4.22. The van der Waals surface area contributed by atoms with Crippen molar-refractivity contribution in [1.29, 1.82) is 0 Å². The molecule has 33 heavy (non-hydrogen) atoms. The first kappa shape index (κ1) is 19.6. The van der Waals surface area contributed by atoms with Crippen LogP contribution in [-0.2, 0) is 0 Å². The molecule has 0 atom stereocenters. The van der Waals surface area contributed by atoms with Gasteiger partial charge in [-0.25, -0.2) is 14.4 Å². The molecule has 1 aliphatic carbocycles. The summed E-state index contributed by atoms with van der Waals surface area (Å²) < 4.78 is 15.0. The third-order valence-corrected chi connectivity index (χ3v) is 6.33. The van der Waals surface area contributed by atoms with Crippen molar-refractivity contribution < 1.29 is 4.39 Å². The predicted molar refractivity (Wildman–Crippen MR) is 127 cm³/mol. The van der Waals surface area contributed by atoms with E-state index in [4.69, 9.17) is 0 Å². The molecule has 0 unspecified atom stereocenters. The lowest BCUT2D eigenvalue weighted by Gasteiger charge is -2.16. The lowest BCUT2D eigenvalue weighted by atomic mass is 10.0. The van der Waals surface area contributed by atoms with Gasteiger partial charge in [0.1, 0.15) is 11.2 Å². The number of aromatic nitrogens is 6. The number of benzene rings is 1. The molecule has 0 aliphatic heterocycles. The molecule has 7 nitrogen and oxygen atoms in total. The normalized spacial score (nSPS) is 14.3. The number of aromatic amines is 2. The number of nitrogens with one attached hydrogen (secondary N) is 3. The minimum atomic E-state index is -0.409. The molecule has 1 fully saturated rings. The standard InChI is InChI=1S/C25H22FN7/c1-14(15-5-2-3-6-15)29-18-9-17(12-27-13-18)16-10-19-22(20(26)11-16)32-33-23(19)25-30-21-7-4-8-28-24(21)31-25/h4,7-13,15,29H,1-3,5-6H2,(H,32,33)(H,28,30,31). The number of hydrogen-bond acceptors (Lipinski definition) is 5.